The van der Waals surface area contributed by atoms with Crippen LogP contribution in [-0.4, -0.2) is 38.5 Å². The van der Waals surface area contributed by atoms with Crippen molar-refractivity contribution < 1.29 is 13.6 Å². The fourth-order valence-corrected chi connectivity index (χ4v) is 3.89. The Morgan fingerprint density at radius 2 is 1.93 bits per heavy atom. The van der Waals surface area contributed by atoms with E-state index < -0.39 is 12.0 Å². The third-order valence-corrected chi connectivity index (χ3v) is 5.52. The summed E-state index contributed by atoms with van der Waals surface area (Å²) < 4.78 is 30.4. The fraction of sp³-hybridized carbons (Fsp3) is 0.381. The molecule has 3 heterocycles. The number of fused-ring (bicyclic) bond motifs is 1. The standard InChI is InChI=1S/C21H22F2N4O/c1-13-11-19-24-12-17(14(2)27(19)25-13)21(28)26-9-7-15(8-10-26)20(23)16-5-3-4-6-18(16)22/h3-6,11-12,15,20H,7-10H2,1-2H3. The van der Waals surface area contributed by atoms with Crippen molar-refractivity contribution in [1.29, 1.82) is 0 Å². The summed E-state index contributed by atoms with van der Waals surface area (Å²) >= 11 is 0. The Hall–Kier alpha value is -2.83. The largest absolute Gasteiger partial charge is 0.339 e. The average Bonchev–Trinajstić information content (AvgIpc) is 3.09. The molecule has 1 amide bonds. The van der Waals surface area contributed by atoms with E-state index >= 15 is 0 Å². The van der Waals surface area contributed by atoms with E-state index in [0.29, 0.717) is 37.1 Å². The normalized spacial score (nSPS) is 16.5. The van der Waals surface area contributed by atoms with Gasteiger partial charge >= 0.3 is 0 Å². The van der Waals surface area contributed by atoms with Gasteiger partial charge in [0.2, 0.25) is 0 Å². The molecule has 0 saturated carbocycles. The molecule has 0 radical (unpaired) electrons. The van der Waals surface area contributed by atoms with Crippen molar-refractivity contribution in [3.05, 3.63) is 64.9 Å². The van der Waals surface area contributed by atoms with Gasteiger partial charge in [-0.25, -0.2) is 18.3 Å². The predicted molar refractivity (Wildman–Crippen MR) is 101 cm³/mol. The van der Waals surface area contributed by atoms with Gasteiger partial charge in [-0.05, 0) is 38.7 Å². The van der Waals surface area contributed by atoms with E-state index in [1.165, 1.54) is 12.1 Å². The van der Waals surface area contributed by atoms with E-state index in [0.717, 1.165) is 11.4 Å². The number of alkyl halides is 1. The molecule has 0 bridgehead atoms. The Bertz CT molecular complexity index is 1020. The van der Waals surface area contributed by atoms with Crippen LogP contribution in [0.1, 0.15) is 46.3 Å². The first kappa shape index (κ1) is 18.5. The highest BCUT2D eigenvalue weighted by Gasteiger charge is 2.31. The maximum absolute atomic E-state index is 14.8. The molecule has 1 aliphatic rings. The van der Waals surface area contributed by atoms with E-state index in [1.807, 2.05) is 19.9 Å². The number of aromatic nitrogens is 3. The van der Waals surface area contributed by atoms with Crippen molar-refractivity contribution in [3.8, 4) is 0 Å². The molecule has 5 nitrogen and oxygen atoms in total. The highest BCUT2D eigenvalue weighted by Crippen LogP contribution is 2.35. The van der Waals surface area contributed by atoms with Crippen LogP contribution in [0.15, 0.2) is 36.5 Å². The number of rotatable bonds is 3. The van der Waals surface area contributed by atoms with Gasteiger partial charge in [0.25, 0.3) is 5.91 Å². The maximum Gasteiger partial charge on any atom is 0.257 e. The van der Waals surface area contributed by atoms with Gasteiger partial charge in [-0.3, -0.25) is 4.79 Å². The molecule has 7 heteroatoms. The first-order valence-electron chi connectivity index (χ1n) is 9.45. The predicted octanol–water partition coefficient (Wildman–Crippen LogP) is 4.05. The number of amides is 1. The van der Waals surface area contributed by atoms with Crippen LogP contribution in [0.2, 0.25) is 0 Å². The van der Waals surface area contributed by atoms with Crippen molar-refractivity contribution in [2.45, 2.75) is 32.9 Å². The van der Waals surface area contributed by atoms with Crippen LogP contribution in [0.3, 0.4) is 0 Å². The van der Waals surface area contributed by atoms with Gasteiger partial charge in [0.15, 0.2) is 5.65 Å². The third-order valence-electron chi connectivity index (χ3n) is 5.52. The van der Waals surface area contributed by atoms with Gasteiger partial charge in [-0.15, -0.1) is 0 Å². The fourth-order valence-electron chi connectivity index (χ4n) is 3.89. The molecule has 2 aromatic heterocycles. The number of carbonyl (C=O) groups excluding carboxylic acids is 1. The lowest BCUT2D eigenvalue weighted by Gasteiger charge is -2.33. The maximum atomic E-state index is 14.8. The number of benzene rings is 1. The Balaban J connectivity index is 1.47. The number of halogens is 2. The lowest BCUT2D eigenvalue weighted by molar-refractivity contribution is 0.0625. The molecular formula is C21H22F2N4O. The summed E-state index contributed by atoms with van der Waals surface area (Å²) in [6.45, 7) is 4.60. The van der Waals surface area contributed by atoms with Crippen LogP contribution < -0.4 is 0 Å². The second-order valence-corrected chi connectivity index (χ2v) is 7.37. The van der Waals surface area contributed by atoms with Crippen molar-refractivity contribution in [3.63, 3.8) is 0 Å². The van der Waals surface area contributed by atoms with Gasteiger partial charge in [0, 0.05) is 30.9 Å². The quantitative estimate of drug-likeness (QED) is 0.685. The summed E-state index contributed by atoms with van der Waals surface area (Å²) in [7, 11) is 0. The number of carbonyl (C=O) groups is 1. The summed E-state index contributed by atoms with van der Waals surface area (Å²) in [5, 5.41) is 4.38. The van der Waals surface area contributed by atoms with Crippen LogP contribution in [0.4, 0.5) is 8.78 Å². The number of likely N-dealkylation sites (tertiary alicyclic amines) is 1. The molecule has 1 aromatic carbocycles. The third kappa shape index (κ3) is 3.25. The molecular weight excluding hydrogens is 362 g/mol. The average molecular weight is 384 g/mol. The molecule has 4 rings (SSSR count). The van der Waals surface area contributed by atoms with Crippen LogP contribution in [0.5, 0.6) is 0 Å². The lowest BCUT2D eigenvalue weighted by atomic mass is 9.88. The molecule has 0 aliphatic carbocycles. The molecule has 28 heavy (non-hydrogen) atoms. The summed E-state index contributed by atoms with van der Waals surface area (Å²) in [4.78, 5) is 19.0. The summed E-state index contributed by atoms with van der Waals surface area (Å²) in [6.07, 6.45) is 1.22. The Morgan fingerprint density at radius 3 is 2.64 bits per heavy atom. The van der Waals surface area contributed by atoms with Gasteiger partial charge < -0.3 is 4.90 Å². The highest BCUT2D eigenvalue weighted by molar-refractivity contribution is 5.95. The number of piperidine rings is 1. The van der Waals surface area contributed by atoms with Gasteiger partial charge in [0.05, 0.1) is 17.0 Å². The molecule has 0 N–H and O–H groups in total. The van der Waals surface area contributed by atoms with Gasteiger partial charge in [-0.1, -0.05) is 18.2 Å². The molecule has 1 saturated heterocycles. The SMILES string of the molecule is Cc1cc2ncc(C(=O)N3CCC(C(F)c4ccccc4F)CC3)c(C)n2n1. The minimum atomic E-state index is -1.36. The summed E-state index contributed by atoms with van der Waals surface area (Å²) in [5.74, 6) is -0.936. The number of aryl methyl sites for hydroxylation is 2. The van der Waals surface area contributed by atoms with Crippen molar-refractivity contribution in [2.75, 3.05) is 13.1 Å². The van der Waals surface area contributed by atoms with Crippen LogP contribution in [0, 0.1) is 25.6 Å². The van der Waals surface area contributed by atoms with E-state index in [2.05, 4.69) is 10.1 Å². The Kier molecular flexibility index (Phi) is 4.83. The number of hydrogen-bond donors (Lipinski definition) is 0. The molecule has 0 spiro atoms. The summed E-state index contributed by atoms with van der Waals surface area (Å²) in [6, 6.07) is 7.84. The second kappa shape index (κ2) is 7.30. The summed E-state index contributed by atoms with van der Waals surface area (Å²) in [5.41, 5.74) is 2.88. The monoisotopic (exact) mass is 384 g/mol. The molecule has 1 fully saturated rings. The van der Waals surface area contributed by atoms with Crippen LogP contribution in [-0.2, 0) is 0 Å². The zero-order chi connectivity index (χ0) is 19.8. The number of nitrogens with zero attached hydrogens (tertiary/aromatic N) is 4. The first-order valence-corrected chi connectivity index (χ1v) is 9.45. The van der Waals surface area contributed by atoms with Crippen molar-refractivity contribution in [2.24, 2.45) is 5.92 Å². The van der Waals surface area contributed by atoms with Crippen LogP contribution >= 0.6 is 0 Å². The molecule has 1 unspecified atom stereocenters. The van der Waals surface area contributed by atoms with Gasteiger partial charge in [0.1, 0.15) is 12.0 Å². The zero-order valence-corrected chi connectivity index (χ0v) is 15.9. The highest BCUT2D eigenvalue weighted by atomic mass is 19.1. The first-order chi connectivity index (χ1) is 13.5. The van der Waals surface area contributed by atoms with Crippen molar-refractivity contribution >= 4 is 11.6 Å². The second-order valence-electron chi connectivity index (χ2n) is 7.37. The molecule has 1 atom stereocenters. The molecule has 3 aromatic rings. The smallest absolute Gasteiger partial charge is 0.257 e. The van der Waals surface area contributed by atoms with Crippen LogP contribution in [0.25, 0.3) is 5.65 Å². The Labute approximate surface area is 162 Å². The topological polar surface area (TPSA) is 50.5 Å². The van der Waals surface area contributed by atoms with Crippen molar-refractivity contribution in [1.82, 2.24) is 19.5 Å². The Morgan fingerprint density at radius 1 is 1.21 bits per heavy atom. The van der Waals surface area contributed by atoms with E-state index in [9.17, 15) is 13.6 Å². The van der Waals surface area contributed by atoms with E-state index in [1.54, 1.807) is 27.7 Å². The zero-order valence-electron chi connectivity index (χ0n) is 15.9. The lowest BCUT2D eigenvalue weighted by Crippen LogP contribution is -2.40. The minimum Gasteiger partial charge on any atom is -0.339 e. The number of hydrogen-bond acceptors (Lipinski definition) is 3. The molecule has 1 aliphatic heterocycles. The minimum absolute atomic E-state index is 0.104. The van der Waals surface area contributed by atoms with E-state index in [4.69, 9.17) is 0 Å². The molecule has 146 valence electrons. The van der Waals surface area contributed by atoms with E-state index in [-0.39, 0.29) is 17.4 Å². The van der Waals surface area contributed by atoms with Gasteiger partial charge in [-0.2, -0.15) is 5.10 Å².